The molecule has 0 fully saturated rings. The minimum Gasteiger partial charge on any atom is -0.449 e. The Labute approximate surface area is 133 Å². The molecule has 1 unspecified atom stereocenters. The van der Waals surface area contributed by atoms with Gasteiger partial charge >= 0.3 is 0 Å². The first kappa shape index (κ1) is 14.6. The van der Waals surface area contributed by atoms with E-state index in [-0.39, 0.29) is 11.9 Å². The average molecular weight is 315 g/mol. The van der Waals surface area contributed by atoms with Gasteiger partial charge in [0.1, 0.15) is 0 Å². The number of hydrogen-bond donors (Lipinski definition) is 1. The van der Waals surface area contributed by atoms with Crippen LogP contribution in [0.25, 0.3) is 11.0 Å². The predicted octanol–water partition coefficient (Wildman–Crippen LogP) is 4.28. The highest BCUT2D eigenvalue weighted by molar-refractivity contribution is 6.35. The molecule has 1 atom stereocenters. The zero-order valence-corrected chi connectivity index (χ0v) is 13.0. The van der Waals surface area contributed by atoms with Gasteiger partial charge in [-0.25, -0.2) is 0 Å². The van der Waals surface area contributed by atoms with E-state index in [4.69, 9.17) is 16.0 Å². The van der Waals surface area contributed by atoms with Crippen molar-refractivity contribution >= 4 is 28.5 Å². The number of benzene rings is 1. The first-order valence-corrected chi connectivity index (χ1v) is 7.34. The Bertz CT molecular complexity index is 827. The van der Waals surface area contributed by atoms with Gasteiger partial charge < -0.3 is 9.73 Å². The summed E-state index contributed by atoms with van der Waals surface area (Å²) < 4.78 is 5.67. The Balaban J connectivity index is 1.90. The summed E-state index contributed by atoms with van der Waals surface area (Å²) in [6.07, 6.45) is 3.43. The van der Waals surface area contributed by atoms with E-state index in [1.165, 1.54) is 0 Å². The number of carbonyl (C=O) groups is 1. The summed E-state index contributed by atoms with van der Waals surface area (Å²) >= 11 is 6.11. The molecule has 0 bridgehead atoms. The van der Waals surface area contributed by atoms with Gasteiger partial charge in [-0.3, -0.25) is 9.78 Å². The number of rotatable bonds is 3. The number of fused-ring (bicyclic) bond motifs is 1. The van der Waals surface area contributed by atoms with E-state index in [1.54, 1.807) is 18.5 Å². The normalized spacial score (nSPS) is 12.3. The highest BCUT2D eigenvalue weighted by atomic mass is 35.5. The van der Waals surface area contributed by atoms with Crippen LogP contribution in [0, 0.1) is 6.92 Å². The van der Waals surface area contributed by atoms with Crippen LogP contribution in [0.4, 0.5) is 0 Å². The first-order valence-electron chi connectivity index (χ1n) is 6.96. The van der Waals surface area contributed by atoms with Gasteiger partial charge in [0.2, 0.25) is 0 Å². The van der Waals surface area contributed by atoms with Crippen LogP contribution in [0.3, 0.4) is 0 Å². The molecule has 0 radical (unpaired) electrons. The van der Waals surface area contributed by atoms with Crippen LogP contribution in [0.5, 0.6) is 0 Å². The molecule has 2 aromatic heterocycles. The minimum absolute atomic E-state index is 0.163. The molecule has 4 nitrogen and oxygen atoms in total. The van der Waals surface area contributed by atoms with Crippen molar-refractivity contribution in [3.05, 3.63) is 64.6 Å². The molecule has 1 aromatic carbocycles. The summed E-state index contributed by atoms with van der Waals surface area (Å²) in [6, 6.07) is 9.07. The van der Waals surface area contributed by atoms with E-state index in [0.29, 0.717) is 16.4 Å². The maximum absolute atomic E-state index is 12.5. The molecular formula is C17H15ClN2O2. The van der Waals surface area contributed by atoms with Gasteiger partial charge in [0.25, 0.3) is 5.91 Å². The van der Waals surface area contributed by atoms with Crippen LogP contribution in [0.1, 0.15) is 34.6 Å². The Morgan fingerprint density at radius 1 is 1.32 bits per heavy atom. The zero-order valence-electron chi connectivity index (χ0n) is 12.3. The largest absolute Gasteiger partial charge is 0.449 e. The van der Waals surface area contributed by atoms with E-state index in [2.05, 4.69) is 10.3 Å². The lowest BCUT2D eigenvalue weighted by Gasteiger charge is -2.12. The third-order valence-electron chi connectivity index (χ3n) is 3.65. The number of carbonyl (C=O) groups excluding carboxylic acids is 1. The van der Waals surface area contributed by atoms with Gasteiger partial charge in [0, 0.05) is 23.3 Å². The Morgan fingerprint density at radius 2 is 2.14 bits per heavy atom. The van der Waals surface area contributed by atoms with E-state index in [9.17, 15) is 4.79 Å². The fourth-order valence-electron chi connectivity index (χ4n) is 2.40. The molecule has 112 valence electrons. The Kier molecular flexibility index (Phi) is 3.86. The summed E-state index contributed by atoms with van der Waals surface area (Å²) in [6.45, 7) is 3.76. The van der Waals surface area contributed by atoms with Crippen LogP contribution in [0.15, 0.2) is 47.1 Å². The molecule has 3 aromatic rings. The summed E-state index contributed by atoms with van der Waals surface area (Å²) in [5.74, 6) is 0.0277. The molecule has 3 rings (SSSR count). The van der Waals surface area contributed by atoms with Gasteiger partial charge in [0.15, 0.2) is 11.3 Å². The predicted molar refractivity (Wildman–Crippen MR) is 86.1 cm³/mol. The van der Waals surface area contributed by atoms with E-state index in [1.807, 2.05) is 38.1 Å². The number of pyridine rings is 1. The lowest BCUT2D eigenvalue weighted by molar-refractivity contribution is 0.0913. The number of hydrogen-bond acceptors (Lipinski definition) is 3. The SMILES string of the molecule is Cc1c(C(=O)NC(C)c2cccnc2)oc2c(Cl)cccc12. The average Bonchev–Trinajstić information content (AvgIpc) is 2.87. The van der Waals surface area contributed by atoms with Crippen molar-refractivity contribution in [3.63, 3.8) is 0 Å². The molecule has 0 spiro atoms. The number of furan rings is 1. The number of amides is 1. The number of nitrogens with one attached hydrogen (secondary N) is 1. The summed E-state index contributed by atoms with van der Waals surface area (Å²) in [7, 11) is 0. The smallest absolute Gasteiger partial charge is 0.287 e. The third-order valence-corrected chi connectivity index (χ3v) is 3.95. The van der Waals surface area contributed by atoms with Gasteiger partial charge in [-0.2, -0.15) is 0 Å². The Hall–Kier alpha value is -2.33. The fourth-order valence-corrected chi connectivity index (χ4v) is 2.62. The highest BCUT2D eigenvalue weighted by Crippen LogP contribution is 2.30. The number of nitrogens with zero attached hydrogens (tertiary/aromatic N) is 1. The molecule has 1 amide bonds. The van der Waals surface area contributed by atoms with E-state index >= 15 is 0 Å². The second-order valence-electron chi connectivity index (χ2n) is 5.15. The molecule has 2 heterocycles. The monoisotopic (exact) mass is 314 g/mol. The van der Waals surface area contributed by atoms with Crippen molar-refractivity contribution in [1.82, 2.24) is 10.3 Å². The number of halogens is 1. The molecule has 5 heteroatoms. The zero-order chi connectivity index (χ0) is 15.7. The van der Waals surface area contributed by atoms with Crippen LogP contribution in [-0.2, 0) is 0 Å². The van der Waals surface area contributed by atoms with E-state index in [0.717, 1.165) is 16.5 Å². The molecule has 0 aliphatic heterocycles. The molecular weight excluding hydrogens is 300 g/mol. The lowest BCUT2D eigenvalue weighted by Crippen LogP contribution is -2.26. The van der Waals surface area contributed by atoms with Crippen molar-refractivity contribution in [3.8, 4) is 0 Å². The molecule has 1 N–H and O–H groups in total. The van der Waals surface area contributed by atoms with Crippen molar-refractivity contribution in [2.24, 2.45) is 0 Å². The minimum atomic E-state index is -0.263. The second-order valence-corrected chi connectivity index (χ2v) is 5.56. The molecule has 0 saturated carbocycles. The summed E-state index contributed by atoms with van der Waals surface area (Å²) in [4.78, 5) is 16.5. The van der Waals surface area contributed by atoms with Gasteiger partial charge in [0.05, 0.1) is 11.1 Å². The van der Waals surface area contributed by atoms with Crippen LogP contribution >= 0.6 is 11.6 Å². The van der Waals surface area contributed by atoms with Crippen LogP contribution in [0.2, 0.25) is 5.02 Å². The van der Waals surface area contributed by atoms with Crippen molar-refractivity contribution in [1.29, 1.82) is 0 Å². The summed E-state index contributed by atoms with van der Waals surface area (Å²) in [5.41, 5.74) is 2.26. The number of aromatic nitrogens is 1. The van der Waals surface area contributed by atoms with Crippen molar-refractivity contribution in [2.45, 2.75) is 19.9 Å². The lowest BCUT2D eigenvalue weighted by atomic mass is 10.1. The van der Waals surface area contributed by atoms with Crippen molar-refractivity contribution in [2.75, 3.05) is 0 Å². The highest BCUT2D eigenvalue weighted by Gasteiger charge is 2.20. The van der Waals surface area contributed by atoms with Crippen molar-refractivity contribution < 1.29 is 9.21 Å². The first-order chi connectivity index (χ1) is 10.6. The number of aryl methyl sites for hydroxylation is 1. The number of para-hydroxylation sites is 1. The molecule has 22 heavy (non-hydrogen) atoms. The van der Waals surface area contributed by atoms with E-state index < -0.39 is 0 Å². The maximum atomic E-state index is 12.5. The molecule has 0 aliphatic carbocycles. The Morgan fingerprint density at radius 3 is 2.82 bits per heavy atom. The third kappa shape index (κ3) is 2.57. The standard InChI is InChI=1S/C17H15ClN2O2/c1-10-13-6-3-7-14(18)16(13)22-15(10)17(21)20-11(2)12-5-4-8-19-9-12/h3-9,11H,1-2H3,(H,20,21). The molecule has 0 saturated heterocycles. The van der Waals surface area contributed by atoms with Crippen LogP contribution in [-0.4, -0.2) is 10.9 Å². The van der Waals surface area contributed by atoms with Gasteiger partial charge in [-0.1, -0.05) is 29.8 Å². The second kappa shape index (κ2) is 5.81. The quantitative estimate of drug-likeness (QED) is 0.785. The van der Waals surface area contributed by atoms with Gasteiger partial charge in [-0.05, 0) is 31.5 Å². The topological polar surface area (TPSA) is 55.1 Å². The maximum Gasteiger partial charge on any atom is 0.287 e. The van der Waals surface area contributed by atoms with Gasteiger partial charge in [-0.15, -0.1) is 0 Å². The van der Waals surface area contributed by atoms with Crippen LogP contribution < -0.4 is 5.32 Å². The molecule has 0 aliphatic rings. The fraction of sp³-hybridized carbons (Fsp3) is 0.176. The summed E-state index contributed by atoms with van der Waals surface area (Å²) in [5, 5.41) is 4.27.